The third-order valence-electron chi connectivity index (χ3n) is 4.77. The highest BCUT2D eigenvalue weighted by atomic mass is 79.9. The Morgan fingerprint density at radius 2 is 1.74 bits per heavy atom. The molecule has 1 saturated heterocycles. The van der Waals surface area contributed by atoms with Crippen molar-refractivity contribution in [2.24, 2.45) is 0 Å². The Balaban J connectivity index is 1.76. The lowest BCUT2D eigenvalue weighted by Gasteiger charge is -2.26. The topological polar surface area (TPSA) is 66.5 Å². The minimum Gasteiger partial charge on any atom is -0.346 e. The maximum atomic E-state index is 12.8. The summed E-state index contributed by atoms with van der Waals surface area (Å²) in [5.41, 5.74) is 1.32. The Bertz CT molecular complexity index is 907. The van der Waals surface area contributed by atoms with E-state index in [0.29, 0.717) is 18.7 Å². The summed E-state index contributed by atoms with van der Waals surface area (Å²) in [7, 11) is -3.56. The lowest BCUT2D eigenvalue weighted by molar-refractivity contribution is 0.0939. The van der Waals surface area contributed by atoms with E-state index in [2.05, 4.69) is 21.2 Å². The maximum absolute atomic E-state index is 12.8. The van der Waals surface area contributed by atoms with Crippen LogP contribution in [-0.4, -0.2) is 31.7 Å². The first kappa shape index (κ1) is 20.0. The normalized spacial score (nSPS) is 16.7. The predicted molar refractivity (Wildman–Crippen MR) is 109 cm³/mol. The van der Waals surface area contributed by atoms with Crippen LogP contribution in [0.25, 0.3) is 0 Å². The summed E-state index contributed by atoms with van der Waals surface area (Å²) in [5.74, 6) is -0.291. The molecule has 7 heteroatoms. The molecule has 0 aromatic heterocycles. The molecule has 1 atom stereocenters. The number of halogens is 1. The molecule has 1 aliphatic heterocycles. The van der Waals surface area contributed by atoms with Gasteiger partial charge in [-0.25, -0.2) is 8.42 Å². The van der Waals surface area contributed by atoms with Crippen molar-refractivity contribution in [2.45, 2.75) is 37.1 Å². The minimum atomic E-state index is -3.56. The molecule has 0 radical (unpaired) electrons. The number of benzene rings is 2. The van der Waals surface area contributed by atoms with Crippen LogP contribution in [0.15, 0.2) is 57.9 Å². The van der Waals surface area contributed by atoms with E-state index in [4.69, 9.17) is 0 Å². The molecule has 0 saturated carbocycles. The summed E-state index contributed by atoms with van der Waals surface area (Å²) in [6.45, 7) is 2.98. The fourth-order valence-electron chi connectivity index (χ4n) is 3.17. The monoisotopic (exact) mass is 450 g/mol. The maximum Gasteiger partial charge on any atom is 0.251 e. The smallest absolute Gasteiger partial charge is 0.251 e. The lowest BCUT2D eigenvalue weighted by atomic mass is 10.1. The Kier molecular flexibility index (Phi) is 6.34. The molecule has 1 amide bonds. The van der Waals surface area contributed by atoms with Gasteiger partial charge in [0.15, 0.2) is 0 Å². The van der Waals surface area contributed by atoms with Gasteiger partial charge in [-0.3, -0.25) is 4.79 Å². The molecule has 2 aromatic rings. The minimum absolute atomic E-state index is 0.174. The second-order valence-electron chi connectivity index (χ2n) is 6.74. The van der Waals surface area contributed by atoms with E-state index >= 15 is 0 Å². The molecule has 1 aliphatic rings. The summed E-state index contributed by atoms with van der Waals surface area (Å²) >= 11 is 3.39. The Labute approximate surface area is 169 Å². The molecular formula is C20H23BrN2O3S. The Morgan fingerprint density at radius 1 is 1.07 bits per heavy atom. The number of hydrogen-bond acceptors (Lipinski definition) is 3. The molecule has 2 aromatic carbocycles. The standard InChI is InChI=1S/C20H23BrN2O3S/c1-15(16-8-10-18(21)11-9-16)22-20(24)17-6-5-7-19(14-17)27(25,26)23-12-3-2-4-13-23/h5-11,14-15H,2-4,12-13H2,1H3,(H,22,24). The van der Waals surface area contributed by atoms with E-state index in [1.807, 2.05) is 31.2 Å². The van der Waals surface area contributed by atoms with Gasteiger partial charge in [0.2, 0.25) is 10.0 Å². The van der Waals surface area contributed by atoms with E-state index in [1.165, 1.54) is 10.4 Å². The van der Waals surface area contributed by atoms with Crippen molar-refractivity contribution in [2.75, 3.05) is 13.1 Å². The van der Waals surface area contributed by atoms with Crippen LogP contribution in [-0.2, 0) is 10.0 Å². The average molecular weight is 451 g/mol. The first-order chi connectivity index (χ1) is 12.9. The van der Waals surface area contributed by atoms with Gasteiger partial charge in [0, 0.05) is 23.1 Å². The summed E-state index contributed by atoms with van der Waals surface area (Å²) < 4.78 is 28.1. The number of amides is 1. The Morgan fingerprint density at radius 3 is 2.41 bits per heavy atom. The van der Waals surface area contributed by atoms with Gasteiger partial charge in [-0.2, -0.15) is 4.31 Å². The highest BCUT2D eigenvalue weighted by molar-refractivity contribution is 9.10. The van der Waals surface area contributed by atoms with Crippen molar-refractivity contribution in [3.63, 3.8) is 0 Å². The molecule has 0 spiro atoms. The molecule has 27 heavy (non-hydrogen) atoms. The number of piperidine rings is 1. The summed E-state index contributed by atoms with van der Waals surface area (Å²) in [6.07, 6.45) is 2.82. The van der Waals surface area contributed by atoms with Crippen LogP contribution in [0.2, 0.25) is 0 Å². The molecule has 0 aliphatic carbocycles. The fourth-order valence-corrected chi connectivity index (χ4v) is 4.99. The molecule has 1 heterocycles. The number of rotatable bonds is 5. The van der Waals surface area contributed by atoms with E-state index in [-0.39, 0.29) is 16.8 Å². The average Bonchev–Trinajstić information content (AvgIpc) is 2.69. The third-order valence-corrected chi connectivity index (χ3v) is 7.19. The van der Waals surface area contributed by atoms with Crippen molar-refractivity contribution < 1.29 is 13.2 Å². The van der Waals surface area contributed by atoms with E-state index in [0.717, 1.165) is 29.3 Å². The molecule has 144 valence electrons. The SMILES string of the molecule is CC(NC(=O)c1cccc(S(=O)(=O)N2CCCCC2)c1)c1ccc(Br)cc1. The largest absolute Gasteiger partial charge is 0.346 e. The van der Waals surface area contributed by atoms with Gasteiger partial charge >= 0.3 is 0 Å². The molecule has 1 unspecified atom stereocenters. The molecular weight excluding hydrogens is 428 g/mol. The number of carbonyl (C=O) groups excluding carboxylic acids is 1. The van der Waals surface area contributed by atoms with Gasteiger partial charge in [0.25, 0.3) is 5.91 Å². The van der Waals surface area contributed by atoms with Crippen molar-refractivity contribution in [3.8, 4) is 0 Å². The highest BCUT2D eigenvalue weighted by Crippen LogP contribution is 2.22. The number of sulfonamides is 1. The second-order valence-corrected chi connectivity index (χ2v) is 9.59. The predicted octanol–water partition coefficient (Wildman–Crippen LogP) is 4.11. The van der Waals surface area contributed by atoms with E-state index in [1.54, 1.807) is 18.2 Å². The highest BCUT2D eigenvalue weighted by Gasteiger charge is 2.26. The Hall–Kier alpha value is -1.70. The zero-order valence-corrected chi connectivity index (χ0v) is 17.6. The van der Waals surface area contributed by atoms with Gasteiger partial charge in [-0.15, -0.1) is 0 Å². The van der Waals surface area contributed by atoms with Crippen molar-refractivity contribution in [1.29, 1.82) is 0 Å². The number of nitrogens with zero attached hydrogens (tertiary/aromatic N) is 1. The van der Waals surface area contributed by atoms with Crippen molar-refractivity contribution >= 4 is 31.9 Å². The third kappa shape index (κ3) is 4.78. The zero-order valence-electron chi connectivity index (χ0n) is 15.2. The van der Waals surface area contributed by atoms with Crippen LogP contribution in [0.4, 0.5) is 0 Å². The molecule has 5 nitrogen and oxygen atoms in total. The quantitative estimate of drug-likeness (QED) is 0.744. The summed E-state index contributed by atoms with van der Waals surface area (Å²) in [6, 6.07) is 13.8. The molecule has 1 N–H and O–H groups in total. The van der Waals surface area contributed by atoms with E-state index < -0.39 is 10.0 Å². The van der Waals surface area contributed by atoms with Gasteiger partial charge in [0.05, 0.1) is 10.9 Å². The fraction of sp³-hybridized carbons (Fsp3) is 0.350. The lowest BCUT2D eigenvalue weighted by Crippen LogP contribution is -2.35. The summed E-state index contributed by atoms with van der Waals surface area (Å²) in [5, 5.41) is 2.93. The zero-order chi connectivity index (χ0) is 19.4. The molecule has 1 fully saturated rings. The second kappa shape index (κ2) is 8.54. The van der Waals surface area contributed by atoms with Crippen LogP contribution < -0.4 is 5.32 Å². The van der Waals surface area contributed by atoms with Gasteiger partial charge in [0.1, 0.15) is 0 Å². The van der Waals surface area contributed by atoms with Crippen LogP contribution in [0.1, 0.15) is 48.1 Å². The first-order valence-electron chi connectivity index (χ1n) is 9.04. The first-order valence-corrected chi connectivity index (χ1v) is 11.3. The van der Waals surface area contributed by atoms with Crippen LogP contribution in [0, 0.1) is 0 Å². The van der Waals surface area contributed by atoms with E-state index in [9.17, 15) is 13.2 Å². The van der Waals surface area contributed by atoms with Crippen LogP contribution in [0.3, 0.4) is 0 Å². The molecule has 3 rings (SSSR count). The number of hydrogen-bond donors (Lipinski definition) is 1. The number of nitrogens with one attached hydrogen (secondary N) is 1. The van der Waals surface area contributed by atoms with Gasteiger partial charge < -0.3 is 5.32 Å². The van der Waals surface area contributed by atoms with Gasteiger partial charge in [-0.1, -0.05) is 40.5 Å². The van der Waals surface area contributed by atoms with Crippen LogP contribution >= 0.6 is 15.9 Å². The van der Waals surface area contributed by atoms with Crippen molar-refractivity contribution in [1.82, 2.24) is 9.62 Å². The molecule has 0 bridgehead atoms. The van der Waals surface area contributed by atoms with Crippen LogP contribution in [0.5, 0.6) is 0 Å². The number of carbonyl (C=O) groups is 1. The van der Waals surface area contributed by atoms with Crippen molar-refractivity contribution in [3.05, 3.63) is 64.1 Å². The van der Waals surface area contributed by atoms with Gasteiger partial charge in [-0.05, 0) is 55.7 Å². The summed E-state index contributed by atoms with van der Waals surface area (Å²) in [4.78, 5) is 12.8.